The standard InChI is InChI=1S/C15H20ClNO2/c1-18-14-9-8-13(16)12(7-4-10-17)15(14)19-11-5-2-3-6-11/h4,7-9,11H,2-3,5-6,10,17H2,1H3/b7-4+. The van der Waals surface area contributed by atoms with Crippen LogP contribution in [0.1, 0.15) is 31.2 Å². The number of benzene rings is 1. The van der Waals surface area contributed by atoms with E-state index in [0.29, 0.717) is 17.3 Å². The maximum absolute atomic E-state index is 6.25. The lowest BCUT2D eigenvalue weighted by Gasteiger charge is -2.18. The highest BCUT2D eigenvalue weighted by molar-refractivity contribution is 6.32. The first-order chi connectivity index (χ1) is 9.26. The third kappa shape index (κ3) is 3.43. The Kier molecular flexibility index (Phi) is 5.11. The van der Waals surface area contributed by atoms with E-state index in [1.54, 1.807) is 7.11 Å². The fourth-order valence-corrected chi connectivity index (χ4v) is 2.56. The summed E-state index contributed by atoms with van der Waals surface area (Å²) in [6, 6.07) is 3.66. The topological polar surface area (TPSA) is 44.5 Å². The molecule has 4 heteroatoms. The van der Waals surface area contributed by atoms with Gasteiger partial charge in [0.2, 0.25) is 0 Å². The average Bonchev–Trinajstić information content (AvgIpc) is 2.91. The second-order valence-electron chi connectivity index (χ2n) is 4.65. The first kappa shape index (κ1) is 14.2. The molecule has 0 radical (unpaired) electrons. The van der Waals surface area contributed by atoms with Gasteiger partial charge in [-0.2, -0.15) is 0 Å². The van der Waals surface area contributed by atoms with Crippen molar-refractivity contribution >= 4 is 17.7 Å². The van der Waals surface area contributed by atoms with E-state index >= 15 is 0 Å². The summed E-state index contributed by atoms with van der Waals surface area (Å²) >= 11 is 6.25. The molecule has 0 atom stereocenters. The van der Waals surface area contributed by atoms with Gasteiger partial charge in [0.25, 0.3) is 0 Å². The molecule has 1 aliphatic carbocycles. The molecule has 0 spiro atoms. The molecule has 3 nitrogen and oxygen atoms in total. The molecule has 0 aliphatic heterocycles. The summed E-state index contributed by atoms with van der Waals surface area (Å²) < 4.78 is 11.5. The van der Waals surface area contributed by atoms with E-state index in [9.17, 15) is 0 Å². The largest absolute Gasteiger partial charge is 0.493 e. The van der Waals surface area contributed by atoms with E-state index in [0.717, 1.165) is 24.2 Å². The molecule has 0 saturated heterocycles. The molecule has 0 aromatic heterocycles. The third-order valence-corrected chi connectivity index (χ3v) is 3.66. The number of hydrogen-bond acceptors (Lipinski definition) is 3. The van der Waals surface area contributed by atoms with Gasteiger partial charge >= 0.3 is 0 Å². The van der Waals surface area contributed by atoms with Crippen molar-refractivity contribution in [1.82, 2.24) is 0 Å². The van der Waals surface area contributed by atoms with Crippen LogP contribution in [0.4, 0.5) is 0 Å². The molecule has 104 valence electrons. The van der Waals surface area contributed by atoms with E-state index in [4.69, 9.17) is 26.8 Å². The molecule has 2 rings (SSSR count). The van der Waals surface area contributed by atoms with Crippen molar-refractivity contribution in [3.05, 3.63) is 28.8 Å². The maximum Gasteiger partial charge on any atom is 0.170 e. The number of halogens is 1. The molecule has 1 fully saturated rings. The molecule has 19 heavy (non-hydrogen) atoms. The number of methoxy groups -OCH3 is 1. The Hall–Kier alpha value is -1.19. The molecule has 0 bridgehead atoms. The minimum atomic E-state index is 0.261. The summed E-state index contributed by atoms with van der Waals surface area (Å²) in [6.07, 6.45) is 8.66. The van der Waals surface area contributed by atoms with Crippen LogP contribution in [0.15, 0.2) is 18.2 Å². The Bertz CT molecular complexity index is 454. The Morgan fingerprint density at radius 3 is 2.74 bits per heavy atom. The Morgan fingerprint density at radius 2 is 2.11 bits per heavy atom. The van der Waals surface area contributed by atoms with Crippen molar-refractivity contribution in [2.45, 2.75) is 31.8 Å². The molecule has 0 amide bonds. The minimum absolute atomic E-state index is 0.261. The van der Waals surface area contributed by atoms with Gasteiger partial charge in [0, 0.05) is 12.1 Å². The number of nitrogens with two attached hydrogens (primary N) is 1. The summed E-state index contributed by atoms with van der Waals surface area (Å²) in [4.78, 5) is 0. The molecule has 0 heterocycles. The zero-order chi connectivity index (χ0) is 13.7. The molecule has 1 aliphatic rings. The van der Waals surface area contributed by atoms with Crippen molar-refractivity contribution in [3.63, 3.8) is 0 Å². The van der Waals surface area contributed by atoms with Crippen LogP contribution in [-0.4, -0.2) is 19.8 Å². The lowest BCUT2D eigenvalue weighted by atomic mass is 10.1. The monoisotopic (exact) mass is 281 g/mol. The third-order valence-electron chi connectivity index (χ3n) is 3.33. The van der Waals surface area contributed by atoms with Crippen molar-refractivity contribution in [2.75, 3.05) is 13.7 Å². The molecule has 1 saturated carbocycles. The van der Waals surface area contributed by atoms with Gasteiger partial charge in [-0.05, 0) is 37.8 Å². The van der Waals surface area contributed by atoms with Gasteiger partial charge in [-0.1, -0.05) is 23.8 Å². The summed E-state index contributed by atoms with van der Waals surface area (Å²) in [5, 5.41) is 0.651. The number of hydrogen-bond donors (Lipinski definition) is 1. The fourth-order valence-electron chi connectivity index (χ4n) is 2.35. The first-order valence-electron chi connectivity index (χ1n) is 6.66. The van der Waals surface area contributed by atoms with Gasteiger partial charge in [0.1, 0.15) is 0 Å². The lowest BCUT2D eigenvalue weighted by Crippen LogP contribution is -2.12. The summed E-state index contributed by atoms with van der Waals surface area (Å²) in [5.74, 6) is 1.44. The average molecular weight is 282 g/mol. The smallest absolute Gasteiger partial charge is 0.170 e. The summed E-state index contributed by atoms with van der Waals surface area (Å²) in [6.45, 7) is 0.469. The Balaban J connectivity index is 2.34. The van der Waals surface area contributed by atoms with Crippen LogP contribution < -0.4 is 15.2 Å². The van der Waals surface area contributed by atoms with Crippen LogP contribution in [0.2, 0.25) is 5.02 Å². The van der Waals surface area contributed by atoms with Crippen LogP contribution in [0, 0.1) is 0 Å². The van der Waals surface area contributed by atoms with Crippen molar-refractivity contribution in [1.29, 1.82) is 0 Å². The highest BCUT2D eigenvalue weighted by Crippen LogP contribution is 2.39. The number of ether oxygens (including phenoxy) is 2. The second kappa shape index (κ2) is 6.83. The summed E-state index contributed by atoms with van der Waals surface area (Å²) in [7, 11) is 1.64. The first-order valence-corrected chi connectivity index (χ1v) is 7.03. The zero-order valence-corrected chi connectivity index (χ0v) is 12.0. The van der Waals surface area contributed by atoms with Crippen molar-refractivity contribution < 1.29 is 9.47 Å². The minimum Gasteiger partial charge on any atom is -0.493 e. The molecular formula is C15H20ClNO2. The van der Waals surface area contributed by atoms with Crippen LogP contribution in [0.3, 0.4) is 0 Å². The van der Waals surface area contributed by atoms with E-state index in [1.165, 1.54) is 12.8 Å². The molecule has 0 unspecified atom stereocenters. The fraction of sp³-hybridized carbons (Fsp3) is 0.467. The van der Waals surface area contributed by atoms with E-state index in [1.807, 2.05) is 24.3 Å². The molecular weight excluding hydrogens is 262 g/mol. The van der Waals surface area contributed by atoms with Crippen LogP contribution in [-0.2, 0) is 0 Å². The zero-order valence-electron chi connectivity index (χ0n) is 11.2. The van der Waals surface area contributed by atoms with Gasteiger partial charge in [0.15, 0.2) is 11.5 Å². The van der Waals surface area contributed by atoms with E-state index in [2.05, 4.69) is 0 Å². The lowest BCUT2D eigenvalue weighted by molar-refractivity contribution is 0.200. The maximum atomic E-state index is 6.25. The van der Waals surface area contributed by atoms with Crippen LogP contribution in [0.5, 0.6) is 11.5 Å². The van der Waals surface area contributed by atoms with Gasteiger partial charge in [0.05, 0.1) is 18.2 Å². The summed E-state index contributed by atoms with van der Waals surface area (Å²) in [5.41, 5.74) is 6.35. The molecule has 1 aromatic carbocycles. The highest BCUT2D eigenvalue weighted by atomic mass is 35.5. The quantitative estimate of drug-likeness (QED) is 0.896. The normalized spacial score (nSPS) is 16.2. The highest BCUT2D eigenvalue weighted by Gasteiger charge is 2.21. The van der Waals surface area contributed by atoms with E-state index in [-0.39, 0.29) is 6.10 Å². The van der Waals surface area contributed by atoms with Crippen molar-refractivity contribution in [3.8, 4) is 11.5 Å². The van der Waals surface area contributed by atoms with E-state index < -0.39 is 0 Å². The second-order valence-corrected chi connectivity index (χ2v) is 5.06. The SMILES string of the molecule is COc1ccc(Cl)c(/C=C/CN)c1OC1CCCC1. The number of rotatable bonds is 5. The Labute approximate surface area is 119 Å². The van der Waals surface area contributed by atoms with Crippen molar-refractivity contribution in [2.24, 2.45) is 5.73 Å². The molecule has 1 aromatic rings. The van der Waals surface area contributed by atoms with Gasteiger partial charge in [-0.25, -0.2) is 0 Å². The predicted octanol–water partition coefficient (Wildman–Crippen LogP) is 3.64. The van der Waals surface area contributed by atoms with Crippen LogP contribution in [0.25, 0.3) is 6.08 Å². The Morgan fingerprint density at radius 1 is 1.37 bits per heavy atom. The molecule has 2 N–H and O–H groups in total. The van der Waals surface area contributed by atoms with Gasteiger partial charge < -0.3 is 15.2 Å². The van der Waals surface area contributed by atoms with Gasteiger partial charge in [-0.15, -0.1) is 0 Å². The predicted molar refractivity (Wildman–Crippen MR) is 79.0 cm³/mol. The van der Waals surface area contributed by atoms with Crippen LogP contribution >= 0.6 is 11.6 Å². The van der Waals surface area contributed by atoms with Gasteiger partial charge in [-0.3, -0.25) is 0 Å².